The molecule has 0 amide bonds. The molecule has 7 nitrogen and oxygen atoms in total. The van der Waals surface area contributed by atoms with E-state index in [2.05, 4.69) is 9.97 Å². The van der Waals surface area contributed by atoms with Gasteiger partial charge in [-0.2, -0.15) is 0 Å². The average Bonchev–Trinajstić information content (AvgIpc) is 2.42. The largest absolute Gasteiger partial charge is 0.493 e. The van der Waals surface area contributed by atoms with Gasteiger partial charge in [-0.05, 0) is 12.5 Å². The van der Waals surface area contributed by atoms with Crippen LogP contribution in [0.25, 0.3) is 10.9 Å². The number of fused-ring (bicyclic) bond motifs is 1. The zero-order valence-corrected chi connectivity index (χ0v) is 12.6. The van der Waals surface area contributed by atoms with Gasteiger partial charge in [-0.25, -0.2) is 13.4 Å². The van der Waals surface area contributed by atoms with Crippen LogP contribution in [0.15, 0.2) is 23.3 Å². The molecule has 0 aliphatic carbocycles. The van der Waals surface area contributed by atoms with Gasteiger partial charge in [0.2, 0.25) is 0 Å². The maximum atomic E-state index is 11.7. The van der Waals surface area contributed by atoms with Gasteiger partial charge >= 0.3 is 0 Å². The lowest BCUT2D eigenvalue weighted by atomic mass is 10.2. The van der Waals surface area contributed by atoms with Gasteiger partial charge in [-0.15, -0.1) is 0 Å². The molecule has 2 aromatic rings. The van der Waals surface area contributed by atoms with Crippen molar-refractivity contribution in [3.63, 3.8) is 0 Å². The molecular formula is C13H16N2O5S. The van der Waals surface area contributed by atoms with Gasteiger partial charge in [0, 0.05) is 12.3 Å². The van der Waals surface area contributed by atoms with Gasteiger partial charge in [-0.1, -0.05) is 0 Å². The van der Waals surface area contributed by atoms with Crippen LogP contribution in [-0.4, -0.2) is 44.1 Å². The highest BCUT2D eigenvalue weighted by Gasteiger charge is 2.10. The van der Waals surface area contributed by atoms with Crippen LogP contribution in [-0.2, 0) is 9.84 Å². The lowest BCUT2D eigenvalue weighted by molar-refractivity contribution is 0.295. The third-order valence-electron chi connectivity index (χ3n) is 2.84. The van der Waals surface area contributed by atoms with Crippen molar-refractivity contribution in [3.05, 3.63) is 28.8 Å². The van der Waals surface area contributed by atoms with Crippen molar-refractivity contribution in [3.8, 4) is 11.5 Å². The van der Waals surface area contributed by atoms with Gasteiger partial charge < -0.3 is 14.5 Å². The molecule has 2 rings (SSSR count). The fourth-order valence-corrected chi connectivity index (χ4v) is 2.49. The first kappa shape index (κ1) is 15.3. The Kier molecular flexibility index (Phi) is 4.46. The Morgan fingerprint density at radius 2 is 2.05 bits per heavy atom. The number of methoxy groups -OCH3 is 1. The van der Waals surface area contributed by atoms with E-state index in [1.807, 2.05) is 0 Å². The Hall–Kier alpha value is -2.09. The maximum absolute atomic E-state index is 11.7. The van der Waals surface area contributed by atoms with E-state index in [1.165, 1.54) is 19.7 Å². The second-order valence-electron chi connectivity index (χ2n) is 4.58. The van der Waals surface area contributed by atoms with Crippen molar-refractivity contribution in [1.29, 1.82) is 0 Å². The summed E-state index contributed by atoms with van der Waals surface area (Å²) in [5.74, 6) is 0.887. The number of hydrogen-bond acceptors (Lipinski definition) is 6. The molecule has 0 aliphatic rings. The van der Waals surface area contributed by atoms with E-state index in [-0.39, 0.29) is 17.9 Å². The first-order valence-electron chi connectivity index (χ1n) is 6.26. The van der Waals surface area contributed by atoms with E-state index in [0.29, 0.717) is 28.8 Å². The number of rotatable bonds is 6. The predicted molar refractivity (Wildman–Crippen MR) is 78.7 cm³/mol. The first-order valence-corrected chi connectivity index (χ1v) is 8.33. The van der Waals surface area contributed by atoms with Crippen LogP contribution in [0.4, 0.5) is 0 Å². The zero-order valence-electron chi connectivity index (χ0n) is 11.8. The monoisotopic (exact) mass is 312 g/mol. The minimum atomic E-state index is -3.00. The summed E-state index contributed by atoms with van der Waals surface area (Å²) < 4.78 is 32.8. The molecule has 1 heterocycles. The lowest BCUT2D eigenvalue weighted by Gasteiger charge is -2.11. The van der Waals surface area contributed by atoms with Crippen molar-refractivity contribution >= 4 is 20.7 Å². The van der Waals surface area contributed by atoms with Crippen molar-refractivity contribution in [2.24, 2.45) is 0 Å². The fraction of sp³-hybridized carbons (Fsp3) is 0.385. The quantitative estimate of drug-likeness (QED) is 0.790. The van der Waals surface area contributed by atoms with Crippen LogP contribution in [0.3, 0.4) is 0 Å². The molecule has 21 heavy (non-hydrogen) atoms. The summed E-state index contributed by atoms with van der Waals surface area (Å²) in [6.45, 7) is 0.234. The summed E-state index contributed by atoms with van der Waals surface area (Å²) in [6, 6.07) is 3.15. The summed E-state index contributed by atoms with van der Waals surface area (Å²) in [5, 5.41) is 0.401. The molecule has 0 unspecified atom stereocenters. The zero-order chi connectivity index (χ0) is 15.5. The summed E-state index contributed by atoms with van der Waals surface area (Å²) in [7, 11) is -1.54. The summed E-state index contributed by atoms with van der Waals surface area (Å²) in [6.07, 6.45) is 2.87. The Morgan fingerprint density at radius 1 is 1.29 bits per heavy atom. The van der Waals surface area contributed by atoms with E-state index < -0.39 is 9.84 Å². The van der Waals surface area contributed by atoms with E-state index in [0.717, 1.165) is 0 Å². The van der Waals surface area contributed by atoms with E-state index >= 15 is 0 Å². The van der Waals surface area contributed by atoms with Gasteiger partial charge in [0.1, 0.15) is 9.84 Å². The molecule has 0 aliphatic heterocycles. The number of H-pyrrole nitrogens is 1. The maximum Gasteiger partial charge on any atom is 0.258 e. The number of hydrogen-bond donors (Lipinski definition) is 1. The van der Waals surface area contributed by atoms with E-state index in [9.17, 15) is 13.2 Å². The molecule has 0 fully saturated rings. The number of aromatic amines is 1. The number of nitrogens with one attached hydrogen (secondary N) is 1. The Labute approximate surface area is 121 Å². The SMILES string of the molecule is COc1cc2c(=O)[nH]cnc2cc1OCCCS(C)(=O)=O. The second-order valence-corrected chi connectivity index (χ2v) is 6.84. The van der Waals surface area contributed by atoms with Crippen LogP contribution in [0, 0.1) is 0 Å². The van der Waals surface area contributed by atoms with Gasteiger partial charge in [0.05, 0.1) is 36.7 Å². The molecule has 114 valence electrons. The minimum Gasteiger partial charge on any atom is -0.493 e. The summed E-state index contributed by atoms with van der Waals surface area (Å²) in [5.41, 5.74) is 0.222. The predicted octanol–water partition coefficient (Wildman–Crippen LogP) is 0.745. The standard InChI is InChI=1S/C13H16N2O5S/c1-19-11-6-9-10(14-8-15-13(9)16)7-12(11)20-4-3-5-21(2,17)18/h6-8H,3-5H2,1-2H3,(H,14,15,16). The van der Waals surface area contributed by atoms with Crippen LogP contribution in [0.5, 0.6) is 11.5 Å². The van der Waals surface area contributed by atoms with Crippen molar-refractivity contribution in [2.45, 2.75) is 6.42 Å². The average molecular weight is 312 g/mol. The number of aromatic nitrogens is 2. The van der Waals surface area contributed by atoms with Crippen LogP contribution >= 0.6 is 0 Å². The topological polar surface area (TPSA) is 98.3 Å². The molecule has 1 aromatic heterocycles. The van der Waals surface area contributed by atoms with Crippen LogP contribution in [0.1, 0.15) is 6.42 Å². The minimum absolute atomic E-state index is 0.0564. The first-order chi connectivity index (χ1) is 9.90. The highest BCUT2D eigenvalue weighted by Crippen LogP contribution is 2.30. The molecule has 1 N–H and O–H groups in total. The van der Waals surface area contributed by atoms with Gasteiger partial charge in [0.15, 0.2) is 11.5 Å². The Morgan fingerprint density at radius 3 is 2.71 bits per heavy atom. The van der Waals surface area contributed by atoms with E-state index in [1.54, 1.807) is 12.1 Å². The molecule has 0 atom stereocenters. The summed E-state index contributed by atoms with van der Waals surface area (Å²) in [4.78, 5) is 18.2. The molecule has 0 saturated carbocycles. The van der Waals surface area contributed by atoms with Gasteiger partial charge in [0.25, 0.3) is 5.56 Å². The number of benzene rings is 1. The summed E-state index contributed by atoms with van der Waals surface area (Å²) >= 11 is 0. The van der Waals surface area contributed by atoms with Crippen molar-refractivity contribution in [2.75, 3.05) is 25.7 Å². The van der Waals surface area contributed by atoms with E-state index in [4.69, 9.17) is 9.47 Å². The van der Waals surface area contributed by atoms with Gasteiger partial charge in [-0.3, -0.25) is 4.79 Å². The number of nitrogens with zero attached hydrogens (tertiary/aromatic N) is 1. The normalized spacial score (nSPS) is 11.5. The molecule has 0 radical (unpaired) electrons. The van der Waals surface area contributed by atoms with Crippen molar-refractivity contribution in [1.82, 2.24) is 9.97 Å². The highest BCUT2D eigenvalue weighted by atomic mass is 32.2. The Balaban J connectivity index is 2.21. The number of ether oxygens (including phenoxy) is 2. The molecule has 0 spiro atoms. The van der Waals surface area contributed by atoms with Crippen LogP contribution in [0.2, 0.25) is 0 Å². The highest BCUT2D eigenvalue weighted by molar-refractivity contribution is 7.90. The fourth-order valence-electron chi connectivity index (χ4n) is 1.85. The third kappa shape index (κ3) is 3.94. The van der Waals surface area contributed by atoms with Crippen molar-refractivity contribution < 1.29 is 17.9 Å². The smallest absolute Gasteiger partial charge is 0.258 e. The third-order valence-corrected chi connectivity index (χ3v) is 3.87. The molecule has 0 saturated heterocycles. The number of sulfone groups is 1. The molecule has 0 bridgehead atoms. The Bertz CT molecular complexity index is 798. The second kappa shape index (κ2) is 6.13. The molecule has 8 heteroatoms. The van der Waals surface area contributed by atoms with Crippen LogP contribution < -0.4 is 15.0 Å². The molecule has 1 aromatic carbocycles. The lowest BCUT2D eigenvalue weighted by Crippen LogP contribution is -2.09. The molecular weight excluding hydrogens is 296 g/mol.